The van der Waals surface area contributed by atoms with Crippen molar-refractivity contribution in [1.29, 1.82) is 0 Å². The summed E-state index contributed by atoms with van der Waals surface area (Å²) in [6, 6.07) is 13.5. The molecule has 3 aliphatic carbocycles. The third kappa shape index (κ3) is 6.73. The molecular formula is C34H48O7S. The monoisotopic (exact) mass is 600 g/mol. The summed E-state index contributed by atoms with van der Waals surface area (Å²) in [5.74, 6) is 3.25. The van der Waals surface area contributed by atoms with E-state index in [-0.39, 0.29) is 29.8 Å². The van der Waals surface area contributed by atoms with Crippen LogP contribution in [0.15, 0.2) is 47.4 Å². The van der Waals surface area contributed by atoms with Gasteiger partial charge in [0.15, 0.2) is 6.79 Å². The molecule has 0 N–H and O–H groups in total. The van der Waals surface area contributed by atoms with Gasteiger partial charge in [-0.15, -0.1) is 0 Å². The van der Waals surface area contributed by atoms with E-state index in [9.17, 15) is 8.42 Å². The second kappa shape index (κ2) is 13.8. The van der Waals surface area contributed by atoms with Gasteiger partial charge in [0.05, 0.1) is 17.6 Å². The second-order valence-electron chi connectivity index (χ2n) is 12.8. The quantitative estimate of drug-likeness (QED) is 0.131. The lowest BCUT2D eigenvalue weighted by atomic mass is 9.52. The molecule has 0 radical (unpaired) electrons. The zero-order valence-electron chi connectivity index (χ0n) is 25.7. The van der Waals surface area contributed by atoms with Gasteiger partial charge in [-0.3, -0.25) is 4.18 Å². The van der Waals surface area contributed by atoms with Crippen molar-refractivity contribution >= 4 is 10.1 Å². The molecule has 5 rings (SSSR count). The van der Waals surface area contributed by atoms with Crippen molar-refractivity contribution < 1.29 is 31.5 Å². The van der Waals surface area contributed by atoms with E-state index in [1.165, 1.54) is 30.4 Å². The Labute approximate surface area is 252 Å². The van der Waals surface area contributed by atoms with E-state index in [0.717, 1.165) is 49.8 Å². The molecule has 0 amide bonds. The molecule has 232 valence electrons. The molecule has 3 aliphatic rings. The van der Waals surface area contributed by atoms with Crippen LogP contribution in [0.3, 0.4) is 0 Å². The fourth-order valence-electron chi connectivity index (χ4n) is 8.27. The molecule has 0 bridgehead atoms. The van der Waals surface area contributed by atoms with Gasteiger partial charge >= 0.3 is 0 Å². The van der Waals surface area contributed by atoms with E-state index in [1.807, 2.05) is 6.92 Å². The van der Waals surface area contributed by atoms with Crippen molar-refractivity contribution in [1.82, 2.24) is 0 Å². The van der Waals surface area contributed by atoms with Crippen molar-refractivity contribution in [3.63, 3.8) is 0 Å². The molecule has 2 aromatic carbocycles. The van der Waals surface area contributed by atoms with Crippen LogP contribution in [0.4, 0.5) is 0 Å². The lowest BCUT2D eigenvalue weighted by molar-refractivity contribution is -0.128. The summed E-state index contributed by atoms with van der Waals surface area (Å²) in [4.78, 5) is 0.221. The van der Waals surface area contributed by atoms with Gasteiger partial charge in [0.2, 0.25) is 0 Å². The third-order valence-corrected chi connectivity index (χ3v) is 11.6. The first-order chi connectivity index (χ1) is 20.3. The minimum atomic E-state index is -3.72. The van der Waals surface area contributed by atoms with Crippen molar-refractivity contribution in [3.05, 3.63) is 59.2 Å². The van der Waals surface area contributed by atoms with Gasteiger partial charge in [-0.1, -0.05) is 43.5 Å². The molecule has 2 aromatic rings. The molecule has 0 aromatic heterocycles. The molecular weight excluding hydrogens is 552 g/mol. The van der Waals surface area contributed by atoms with Gasteiger partial charge in [-0.05, 0) is 116 Å². The Morgan fingerprint density at radius 2 is 1.71 bits per heavy atom. The van der Waals surface area contributed by atoms with E-state index >= 15 is 0 Å². The molecule has 2 fully saturated rings. The van der Waals surface area contributed by atoms with E-state index in [2.05, 4.69) is 25.1 Å². The first-order valence-electron chi connectivity index (χ1n) is 15.6. The first kappa shape index (κ1) is 31.5. The molecule has 2 saturated carbocycles. The first-order valence-corrected chi connectivity index (χ1v) is 17.0. The maximum atomic E-state index is 12.6. The van der Waals surface area contributed by atoms with Gasteiger partial charge in [0.25, 0.3) is 10.1 Å². The van der Waals surface area contributed by atoms with Crippen LogP contribution in [-0.4, -0.2) is 48.9 Å². The highest BCUT2D eigenvalue weighted by molar-refractivity contribution is 7.86. The van der Waals surface area contributed by atoms with Crippen molar-refractivity contribution in [3.8, 4) is 5.75 Å². The topological polar surface area (TPSA) is 80.3 Å². The predicted octanol–water partition coefficient (Wildman–Crippen LogP) is 7.01. The number of methoxy groups -OCH3 is 2. The third-order valence-electron chi connectivity index (χ3n) is 10.3. The Bertz CT molecular complexity index is 1280. The zero-order valence-corrected chi connectivity index (χ0v) is 26.5. The number of fused-ring (bicyclic) bond motifs is 5. The Balaban J connectivity index is 1.25. The average molecular weight is 601 g/mol. The van der Waals surface area contributed by atoms with Crippen LogP contribution in [0.2, 0.25) is 0 Å². The van der Waals surface area contributed by atoms with Gasteiger partial charge in [-0.25, -0.2) is 0 Å². The Morgan fingerprint density at radius 1 is 0.929 bits per heavy atom. The smallest absolute Gasteiger partial charge is 0.296 e. The molecule has 0 heterocycles. The lowest BCUT2D eigenvalue weighted by Gasteiger charge is -2.53. The SMILES string of the molecule is COCOc1ccc2c(c1)C[C@@H](CCCCCOS(=O)(=O)c1ccc(C)cc1)[C@@H]1[C@@H]2CC[C@]2(C)[C@@H](OCOC)CC[C@@H]12. The number of aryl methyl sites for hydroxylation is 1. The van der Waals surface area contributed by atoms with E-state index < -0.39 is 10.1 Å². The molecule has 0 spiro atoms. The number of rotatable bonds is 14. The minimum Gasteiger partial charge on any atom is -0.468 e. The number of unbranched alkanes of at least 4 members (excludes halogenated alkanes) is 2. The van der Waals surface area contributed by atoms with Gasteiger partial charge in [0, 0.05) is 14.2 Å². The lowest BCUT2D eigenvalue weighted by Crippen LogP contribution is -2.47. The fourth-order valence-corrected chi connectivity index (χ4v) is 9.21. The summed E-state index contributed by atoms with van der Waals surface area (Å²) in [7, 11) is -0.368. The van der Waals surface area contributed by atoms with Crippen LogP contribution in [-0.2, 0) is 34.9 Å². The van der Waals surface area contributed by atoms with Crippen LogP contribution in [0, 0.1) is 30.1 Å². The van der Waals surface area contributed by atoms with Crippen LogP contribution in [0.1, 0.15) is 80.9 Å². The van der Waals surface area contributed by atoms with Gasteiger partial charge in [-0.2, -0.15) is 8.42 Å². The molecule has 7 nitrogen and oxygen atoms in total. The van der Waals surface area contributed by atoms with Crippen LogP contribution < -0.4 is 4.74 Å². The van der Waals surface area contributed by atoms with Crippen LogP contribution in [0.5, 0.6) is 5.75 Å². The summed E-state index contributed by atoms with van der Waals surface area (Å²) in [5.41, 5.74) is 4.11. The Kier molecular flexibility index (Phi) is 10.3. The summed E-state index contributed by atoms with van der Waals surface area (Å²) < 4.78 is 53.0. The molecule has 0 aliphatic heterocycles. The molecule has 8 heteroatoms. The second-order valence-corrected chi connectivity index (χ2v) is 14.4. The molecule has 6 atom stereocenters. The number of ether oxygens (including phenoxy) is 4. The Hall–Kier alpha value is -1.97. The van der Waals surface area contributed by atoms with Crippen LogP contribution in [0.25, 0.3) is 0 Å². The normalized spacial score (nSPS) is 28.6. The summed E-state index contributed by atoms with van der Waals surface area (Å²) in [6.45, 7) is 5.22. The largest absolute Gasteiger partial charge is 0.468 e. The van der Waals surface area contributed by atoms with E-state index in [0.29, 0.717) is 30.5 Å². The highest BCUT2D eigenvalue weighted by atomic mass is 32.2. The van der Waals surface area contributed by atoms with Crippen molar-refractivity contribution in [2.45, 2.75) is 88.6 Å². The number of hydrogen-bond acceptors (Lipinski definition) is 7. The fraction of sp³-hybridized carbons (Fsp3) is 0.647. The van der Waals surface area contributed by atoms with Crippen molar-refractivity contribution in [2.24, 2.45) is 23.2 Å². The molecule has 0 unspecified atom stereocenters. The maximum absolute atomic E-state index is 12.6. The highest BCUT2D eigenvalue weighted by Gasteiger charge is 2.57. The number of benzene rings is 2. The average Bonchev–Trinajstić information content (AvgIpc) is 3.32. The zero-order chi connectivity index (χ0) is 29.7. The van der Waals surface area contributed by atoms with E-state index in [1.54, 1.807) is 38.5 Å². The van der Waals surface area contributed by atoms with Crippen molar-refractivity contribution in [2.75, 3.05) is 34.4 Å². The highest BCUT2D eigenvalue weighted by Crippen LogP contribution is 2.63. The van der Waals surface area contributed by atoms with E-state index in [4.69, 9.17) is 23.1 Å². The molecule has 42 heavy (non-hydrogen) atoms. The van der Waals surface area contributed by atoms with Gasteiger partial charge < -0.3 is 18.9 Å². The maximum Gasteiger partial charge on any atom is 0.296 e. The van der Waals surface area contributed by atoms with Gasteiger partial charge in [0.1, 0.15) is 12.5 Å². The Morgan fingerprint density at radius 3 is 2.48 bits per heavy atom. The minimum absolute atomic E-state index is 0.176. The standard InChI is InChI=1S/C34H48O7S/c1-24-9-12-28(13-10-24)42(35,36)41-19-7-5-6-8-25-20-26-21-27(39-22-37-3)11-14-29(26)30-17-18-34(2)31(33(25)30)15-16-32(34)40-23-38-4/h9-14,21,25,30-33H,5-8,15-20,22-23H2,1-4H3/t25-,30-,31+,32+,33-,34+/m1/s1. The number of hydrogen-bond donors (Lipinski definition) is 0. The van der Waals surface area contributed by atoms with Crippen LogP contribution >= 0.6 is 0 Å². The summed E-state index contributed by atoms with van der Waals surface area (Å²) in [5, 5.41) is 0. The molecule has 0 saturated heterocycles. The predicted molar refractivity (Wildman–Crippen MR) is 162 cm³/mol. The summed E-state index contributed by atoms with van der Waals surface area (Å²) in [6.07, 6.45) is 9.83. The summed E-state index contributed by atoms with van der Waals surface area (Å²) >= 11 is 0.